The summed E-state index contributed by atoms with van der Waals surface area (Å²) >= 11 is 0. The Balaban J connectivity index is 1.69. The Morgan fingerprint density at radius 1 is 1.34 bits per heavy atom. The summed E-state index contributed by atoms with van der Waals surface area (Å²) in [7, 11) is 1.27. The van der Waals surface area contributed by atoms with E-state index in [-0.39, 0.29) is 19.5 Å². The molecule has 0 radical (unpaired) electrons. The van der Waals surface area contributed by atoms with Crippen molar-refractivity contribution in [3.63, 3.8) is 0 Å². The highest BCUT2D eigenvalue weighted by atomic mass is 19.4. The summed E-state index contributed by atoms with van der Waals surface area (Å²) < 4.78 is 47.9. The zero-order valence-corrected chi connectivity index (χ0v) is 19.0. The van der Waals surface area contributed by atoms with Gasteiger partial charge in [0.2, 0.25) is 0 Å². The third-order valence-electron chi connectivity index (χ3n) is 6.14. The molecule has 1 saturated heterocycles. The fraction of sp³-hybridized carbons (Fsp3) is 0.391. The van der Waals surface area contributed by atoms with Crippen molar-refractivity contribution in [2.75, 3.05) is 31.6 Å². The van der Waals surface area contributed by atoms with E-state index in [1.165, 1.54) is 28.9 Å². The van der Waals surface area contributed by atoms with Crippen LogP contribution in [0.2, 0.25) is 0 Å². The quantitative estimate of drug-likeness (QED) is 0.578. The average Bonchev–Trinajstić information content (AvgIpc) is 3.25. The van der Waals surface area contributed by atoms with Crippen LogP contribution < -0.4 is 9.64 Å². The second-order valence-electron chi connectivity index (χ2n) is 8.32. The first-order valence-electron chi connectivity index (χ1n) is 10.9. The lowest BCUT2D eigenvalue weighted by Crippen LogP contribution is -2.54. The number of carbonyl (C=O) groups is 1. The Bertz CT molecular complexity index is 1270. The first-order valence-corrected chi connectivity index (χ1v) is 10.9. The number of fused-ring (bicyclic) bond motifs is 1. The van der Waals surface area contributed by atoms with Gasteiger partial charge in [0.25, 0.3) is 0 Å². The first kappa shape index (κ1) is 24.1. The Hall–Kier alpha value is -4.01. The molecule has 0 spiro atoms. The molecule has 9 nitrogen and oxygen atoms in total. The highest BCUT2D eigenvalue weighted by molar-refractivity contribution is 5.85. The minimum absolute atomic E-state index is 0.0903. The molecule has 3 aromatic rings. The van der Waals surface area contributed by atoms with Crippen LogP contribution in [0.3, 0.4) is 0 Å². The summed E-state index contributed by atoms with van der Waals surface area (Å²) in [6.45, 7) is 2.04. The summed E-state index contributed by atoms with van der Waals surface area (Å²) in [5.74, 6) is -0.843. The van der Waals surface area contributed by atoms with Crippen molar-refractivity contribution < 1.29 is 27.8 Å². The van der Waals surface area contributed by atoms with Crippen molar-refractivity contribution in [1.82, 2.24) is 19.5 Å². The molecule has 12 heteroatoms. The van der Waals surface area contributed by atoms with E-state index in [2.05, 4.69) is 16.2 Å². The van der Waals surface area contributed by atoms with Crippen LogP contribution in [0.15, 0.2) is 36.8 Å². The maximum absolute atomic E-state index is 13.6. The maximum Gasteiger partial charge on any atom is 0.407 e. The minimum atomic E-state index is -4.46. The summed E-state index contributed by atoms with van der Waals surface area (Å²) in [6.07, 6.45) is -1.43. The number of piperidine rings is 1. The molecule has 4 heterocycles. The SMILES string of the molecule is CCOc1cc(-c2ccc(N3C[C@H](N(C)C(=O)O)C[C@H](C(F)(F)F)C3)nc2)c2c(C#N)cnn2c1. The molecule has 1 aliphatic heterocycles. The normalized spacial score (nSPS) is 18.3. The summed E-state index contributed by atoms with van der Waals surface area (Å²) in [5, 5.41) is 23.0. The van der Waals surface area contributed by atoms with E-state index >= 15 is 0 Å². The van der Waals surface area contributed by atoms with Gasteiger partial charge in [0.1, 0.15) is 17.6 Å². The second-order valence-corrected chi connectivity index (χ2v) is 8.32. The molecule has 0 bridgehead atoms. The van der Waals surface area contributed by atoms with Crippen LogP contribution >= 0.6 is 0 Å². The molecule has 1 fully saturated rings. The fourth-order valence-electron chi connectivity index (χ4n) is 4.31. The van der Waals surface area contributed by atoms with Gasteiger partial charge in [-0.15, -0.1) is 0 Å². The third-order valence-corrected chi connectivity index (χ3v) is 6.14. The number of pyridine rings is 2. The lowest BCUT2D eigenvalue weighted by Gasteiger charge is -2.41. The summed E-state index contributed by atoms with van der Waals surface area (Å²) in [5.41, 5.74) is 2.18. The Morgan fingerprint density at radius 3 is 2.71 bits per heavy atom. The van der Waals surface area contributed by atoms with Crippen LogP contribution in [0.5, 0.6) is 5.75 Å². The van der Waals surface area contributed by atoms with Gasteiger partial charge in [0.15, 0.2) is 0 Å². The topological polar surface area (TPSA) is 107 Å². The number of ether oxygens (including phenoxy) is 1. The van der Waals surface area contributed by atoms with Crippen LogP contribution in [-0.4, -0.2) is 69.7 Å². The molecule has 35 heavy (non-hydrogen) atoms. The highest BCUT2D eigenvalue weighted by Crippen LogP contribution is 2.37. The number of alkyl halides is 3. The zero-order valence-electron chi connectivity index (χ0n) is 19.0. The van der Waals surface area contributed by atoms with Crippen LogP contribution in [0.25, 0.3) is 16.6 Å². The minimum Gasteiger partial charge on any atom is -0.492 e. The number of amides is 1. The predicted octanol–water partition coefficient (Wildman–Crippen LogP) is 4.03. The molecule has 1 amide bonds. The molecule has 184 valence electrons. The highest BCUT2D eigenvalue weighted by Gasteiger charge is 2.46. The van der Waals surface area contributed by atoms with E-state index in [0.29, 0.717) is 40.4 Å². The van der Waals surface area contributed by atoms with E-state index in [1.54, 1.807) is 24.4 Å². The van der Waals surface area contributed by atoms with Crippen LogP contribution in [0, 0.1) is 17.2 Å². The number of carboxylic acid groups (broad SMARTS) is 1. The van der Waals surface area contributed by atoms with E-state index in [0.717, 1.165) is 4.90 Å². The van der Waals surface area contributed by atoms with Gasteiger partial charge in [-0.3, -0.25) is 0 Å². The van der Waals surface area contributed by atoms with Crippen molar-refractivity contribution in [3.8, 4) is 22.9 Å². The largest absolute Gasteiger partial charge is 0.492 e. The standard InChI is InChI=1S/C23H23F3N6O3/c1-3-35-18-7-19(21-15(8-27)10-29-32(21)13-18)14-4-5-20(28-9-14)31-11-16(23(24,25)26)6-17(12-31)30(2)22(33)34/h4-5,7,9-10,13,16-17H,3,6,11-12H2,1-2H3,(H,33,34)/t16-,17+/m0/s1. The molecule has 0 unspecified atom stereocenters. The lowest BCUT2D eigenvalue weighted by molar-refractivity contribution is -0.179. The number of nitrogens with zero attached hydrogens (tertiary/aromatic N) is 6. The number of anilines is 1. The Morgan fingerprint density at radius 2 is 2.11 bits per heavy atom. The predicted molar refractivity (Wildman–Crippen MR) is 120 cm³/mol. The fourth-order valence-corrected chi connectivity index (χ4v) is 4.31. The van der Waals surface area contributed by atoms with Crippen molar-refractivity contribution >= 4 is 17.4 Å². The molecule has 3 aromatic heterocycles. The molecule has 0 aliphatic carbocycles. The lowest BCUT2D eigenvalue weighted by atomic mass is 9.93. The molecular weight excluding hydrogens is 465 g/mol. The van der Waals surface area contributed by atoms with Crippen molar-refractivity contribution in [2.45, 2.75) is 25.6 Å². The van der Waals surface area contributed by atoms with Gasteiger partial charge in [0, 0.05) is 37.5 Å². The van der Waals surface area contributed by atoms with E-state index < -0.39 is 24.2 Å². The van der Waals surface area contributed by atoms with Gasteiger partial charge in [0.05, 0.1) is 42.0 Å². The van der Waals surface area contributed by atoms with Crippen LogP contribution in [0.4, 0.5) is 23.8 Å². The number of halogens is 3. The Labute approximate surface area is 199 Å². The van der Waals surface area contributed by atoms with Gasteiger partial charge in [-0.2, -0.15) is 23.5 Å². The van der Waals surface area contributed by atoms with E-state index in [4.69, 9.17) is 4.74 Å². The first-order chi connectivity index (χ1) is 16.6. The molecule has 0 aromatic carbocycles. The van der Waals surface area contributed by atoms with Crippen molar-refractivity contribution in [2.24, 2.45) is 5.92 Å². The van der Waals surface area contributed by atoms with Crippen LogP contribution in [-0.2, 0) is 0 Å². The summed E-state index contributed by atoms with van der Waals surface area (Å²) in [4.78, 5) is 18.2. The molecule has 4 rings (SSSR count). The number of rotatable bonds is 5. The zero-order chi connectivity index (χ0) is 25.3. The molecule has 0 saturated carbocycles. The smallest absolute Gasteiger partial charge is 0.407 e. The molecule has 1 aliphatic rings. The van der Waals surface area contributed by atoms with Gasteiger partial charge < -0.3 is 19.6 Å². The van der Waals surface area contributed by atoms with Gasteiger partial charge >= 0.3 is 12.3 Å². The second kappa shape index (κ2) is 9.32. The van der Waals surface area contributed by atoms with E-state index in [1.807, 2.05) is 6.92 Å². The number of likely N-dealkylation sites (N-methyl/N-ethyl adjacent to an activating group) is 1. The van der Waals surface area contributed by atoms with Crippen molar-refractivity contribution in [1.29, 1.82) is 5.26 Å². The van der Waals surface area contributed by atoms with Crippen LogP contribution in [0.1, 0.15) is 18.9 Å². The number of aromatic nitrogens is 3. The van der Waals surface area contributed by atoms with Gasteiger partial charge in [-0.25, -0.2) is 14.3 Å². The van der Waals surface area contributed by atoms with Gasteiger partial charge in [-0.05, 0) is 31.5 Å². The maximum atomic E-state index is 13.6. The number of nitriles is 1. The number of hydrogen-bond acceptors (Lipinski definition) is 6. The molecule has 2 atom stereocenters. The molecule has 1 N–H and O–H groups in total. The Kier molecular flexibility index (Phi) is 6.43. The van der Waals surface area contributed by atoms with Gasteiger partial charge in [-0.1, -0.05) is 0 Å². The average molecular weight is 488 g/mol. The number of hydrogen-bond donors (Lipinski definition) is 1. The monoisotopic (exact) mass is 488 g/mol. The van der Waals surface area contributed by atoms with E-state index in [9.17, 15) is 28.3 Å². The summed E-state index contributed by atoms with van der Waals surface area (Å²) in [6, 6.07) is 6.33. The van der Waals surface area contributed by atoms with Crippen molar-refractivity contribution in [3.05, 3.63) is 42.4 Å². The molecular formula is C23H23F3N6O3. The third kappa shape index (κ3) is 4.80.